The molecule has 24 heavy (non-hydrogen) atoms. The molecule has 0 radical (unpaired) electrons. The molecule has 2 aromatic carbocycles. The molecule has 0 saturated carbocycles. The first-order chi connectivity index (χ1) is 11.7. The number of ether oxygens (including phenoxy) is 1. The van der Waals surface area contributed by atoms with Gasteiger partial charge in [-0.05, 0) is 36.8 Å². The fourth-order valence-electron chi connectivity index (χ4n) is 2.71. The van der Waals surface area contributed by atoms with E-state index in [1.54, 1.807) is 19.1 Å². The number of anilines is 1. The normalized spacial score (nSPS) is 16.4. The van der Waals surface area contributed by atoms with Gasteiger partial charge in [0.1, 0.15) is 5.71 Å². The fraction of sp³-hybridized carbons (Fsp3) is 0.211. The Balaban J connectivity index is 1.96. The summed E-state index contributed by atoms with van der Waals surface area (Å²) in [5, 5.41) is 15.3. The number of nitriles is 1. The lowest BCUT2D eigenvalue weighted by Crippen LogP contribution is -2.18. The van der Waals surface area contributed by atoms with Crippen molar-refractivity contribution in [1.82, 2.24) is 0 Å². The van der Waals surface area contributed by atoms with Gasteiger partial charge in [0, 0.05) is 6.42 Å². The maximum atomic E-state index is 12.1. The van der Waals surface area contributed by atoms with Gasteiger partial charge in [0.05, 0.1) is 30.0 Å². The van der Waals surface area contributed by atoms with Crippen LogP contribution in [0.15, 0.2) is 59.7 Å². The third kappa shape index (κ3) is 3.13. The number of hydrazone groups is 1. The van der Waals surface area contributed by atoms with E-state index in [1.165, 1.54) is 0 Å². The molecule has 0 N–H and O–H groups in total. The van der Waals surface area contributed by atoms with Crippen molar-refractivity contribution in [2.45, 2.75) is 19.4 Å². The predicted molar refractivity (Wildman–Crippen MR) is 91.5 cm³/mol. The second-order valence-electron chi connectivity index (χ2n) is 5.40. The van der Waals surface area contributed by atoms with E-state index >= 15 is 0 Å². The van der Waals surface area contributed by atoms with E-state index in [0.29, 0.717) is 24.3 Å². The molecule has 1 aliphatic heterocycles. The molecule has 2 aromatic rings. The molecule has 5 nitrogen and oxygen atoms in total. The average molecular weight is 319 g/mol. The zero-order valence-electron chi connectivity index (χ0n) is 13.3. The highest BCUT2D eigenvalue weighted by Gasteiger charge is 2.32. The Morgan fingerprint density at radius 3 is 2.58 bits per heavy atom. The Bertz CT molecular complexity index is 792. The Morgan fingerprint density at radius 1 is 1.25 bits per heavy atom. The van der Waals surface area contributed by atoms with Crippen LogP contribution in [0.1, 0.15) is 30.5 Å². The SMILES string of the molecule is CCOC(=O)C1=NN(c2ccc(C#N)cc2)C(c2ccccc2)C1. The third-order valence-corrected chi connectivity index (χ3v) is 3.87. The highest BCUT2D eigenvalue weighted by Crippen LogP contribution is 2.35. The molecular weight excluding hydrogens is 302 g/mol. The molecule has 0 fully saturated rings. The van der Waals surface area contributed by atoms with Gasteiger partial charge in [-0.3, -0.25) is 5.01 Å². The lowest BCUT2D eigenvalue weighted by molar-refractivity contribution is -0.135. The summed E-state index contributed by atoms with van der Waals surface area (Å²) < 4.78 is 5.09. The molecule has 0 aromatic heterocycles. The van der Waals surface area contributed by atoms with Crippen molar-refractivity contribution in [3.63, 3.8) is 0 Å². The van der Waals surface area contributed by atoms with E-state index in [2.05, 4.69) is 11.2 Å². The molecule has 0 aliphatic carbocycles. The number of carbonyl (C=O) groups excluding carboxylic acids is 1. The van der Waals surface area contributed by atoms with E-state index < -0.39 is 0 Å². The predicted octanol–water partition coefficient (Wildman–Crippen LogP) is 3.43. The second kappa shape index (κ2) is 6.97. The minimum atomic E-state index is -0.380. The molecular formula is C19H17N3O2. The molecule has 0 amide bonds. The van der Waals surface area contributed by atoms with Gasteiger partial charge < -0.3 is 4.74 Å². The summed E-state index contributed by atoms with van der Waals surface area (Å²) in [5.74, 6) is -0.380. The maximum absolute atomic E-state index is 12.1. The third-order valence-electron chi connectivity index (χ3n) is 3.87. The molecule has 120 valence electrons. The molecule has 0 bridgehead atoms. The van der Waals surface area contributed by atoms with Crippen LogP contribution in [0, 0.1) is 11.3 Å². The molecule has 0 spiro atoms. The maximum Gasteiger partial charge on any atom is 0.354 e. The van der Waals surface area contributed by atoms with Crippen molar-refractivity contribution in [1.29, 1.82) is 5.26 Å². The molecule has 5 heteroatoms. The van der Waals surface area contributed by atoms with Gasteiger partial charge in [-0.1, -0.05) is 30.3 Å². The van der Waals surface area contributed by atoms with Gasteiger partial charge >= 0.3 is 5.97 Å². The topological polar surface area (TPSA) is 65.7 Å². The van der Waals surface area contributed by atoms with Crippen LogP contribution in [0.3, 0.4) is 0 Å². The largest absolute Gasteiger partial charge is 0.461 e. The number of carbonyl (C=O) groups is 1. The number of hydrogen-bond acceptors (Lipinski definition) is 5. The molecule has 1 unspecified atom stereocenters. The van der Waals surface area contributed by atoms with Crippen molar-refractivity contribution in [2.75, 3.05) is 11.6 Å². The van der Waals surface area contributed by atoms with Crippen LogP contribution >= 0.6 is 0 Å². The Morgan fingerprint density at radius 2 is 1.96 bits per heavy atom. The van der Waals surface area contributed by atoms with Crippen LogP contribution in [0.2, 0.25) is 0 Å². The average Bonchev–Trinajstić information content (AvgIpc) is 3.08. The minimum absolute atomic E-state index is 0.0708. The minimum Gasteiger partial charge on any atom is -0.461 e. The van der Waals surface area contributed by atoms with Gasteiger partial charge in [0.25, 0.3) is 0 Å². The fourth-order valence-corrected chi connectivity index (χ4v) is 2.71. The zero-order chi connectivity index (χ0) is 16.9. The Labute approximate surface area is 140 Å². The summed E-state index contributed by atoms with van der Waals surface area (Å²) in [5.41, 5.74) is 2.91. The highest BCUT2D eigenvalue weighted by molar-refractivity contribution is 6.37. The zero-order valence-corrected chi connectivity index (χ0v) is 13.3. The van der Waals surface area contributed by atoms with Gasteiger partial charge in [-0.25, -0.2) is 4.79 Å². The highest BCUT2D eigenvalue weighted by atomic mass is 16.5. The van der Waals surface area contributed by atoms with Crippen LogP contribution in [-0.4, -0.2) is 18.3 Å². The number of rotatable bonds is 4. The quantitative estimate of drug-likeness (QED) is 0.810. The van der Waals surface area contributed by atoms with E-state index in [9.17, 15) is 4.79 Å². The summed E-state index contributed by atoms with van der Waals surface area (Å²) in [7, 11) is 0. The van der Waals surface area contributed by atoms with E-state index in [1.807, 2.05) is 47.5 Å². The number of hydrogen-bond donors (Lipinski definition) is 0. The number of benzene rings is 2. The summed E-state index contributed by atoms with van der Waals surface area (Å²) in [6, 6.07) is 19.1. The summed E-state index contributed by atoms with van der Waals surface area (Å²) >= 11 is 0. The van der Waals surface area contributed by atoms with Crippen LogP contribution in [0.4, 0.5) is 5.69 Å². The van der Waals surface area contributed by atoms with Crippen molar-refractivity contribution >= 4 is 17.4 Å². The molecule has 0 saturated heterocycles. The molecule has 1 aliphatic rings. The number of esters is 1. The lowest BCUT2D eigenvalue weighted by Gasteiger charge is -2.23. The first-order valence-corrected chi connectivity index (χ1v) is 7.82. The van der Waals surface area contributed by atoms with Crippen molar-refractivity contribution in [3.8, 4) is 6.07 Å². The standard InChI is InChI=1S/C19H17N3O2/c1-2-24-19(23)17-12-18(15-6-4-3-5-7-15)22(21-17)16-10-8-14(13-20)9-11-16/h3-11,18H,2,12H2,1H3. The van der Waals surface area contributed by atoms with E-state index in [4.69, 9.17) is 10.00 Å². The smallest absolute Gasteiger partial charge is 0.354 e. The van der Waals surface area contributed by atoms with Crippen molar-refractivity contribution in [3.05, 3.63) is 65.7 Å². The van der Waals surface area contributed by atoms with Gasteiger partial charge in [0.15, 0.2) is 0 Å². The van der Waals surface area contributed by atoms with Gasteiger partial charge in [0.2, 0.25) is 0 Å². The summed E-state index contributed by atoms with van der Waals surface area (Å²) in [6.07, 6.45) is 0.489. The Kier molecular flexibility index (Phi) is 4.57. The van der Waals surface area contributed by atoms with Crippen LogP contribution < -0.4 is 5.01 Å². The molecule has 1 atom stereocenters. The van der Waals surface area contributed by atoms with Crippen molar-refractivity contribution < 1.29 is 9.53 Å². The molecule has 3 rings (SSSR count). The van der Waals surface area contributed by atoms with Crippen LogP contribution in [0.5, 0.6) is 0 Å². The second-order valence-corrected chi connectivity index (χ2v) is 5.40. The van der Waals surface area contributed by atoms with Gasteiger partial charge in [-0.2, -0.15) is 10.4 Å². The Hall–Kier alpha value is -3.13. The first-order valence-electron chi connectivity index (χ1n) is 7.82. The van der Waals surface area contributed by atoms with E-state index in [-0.39, 0.29) is 12.0 Å². The summed E-state index contributed by atoms with van der Waals surface area (Å²) in [6.45, 7) is 2.10. The van der Waals surface area contributed by atoms with Crippen LogP contribution in [0.25, 0.3) is 0 Å². The van der Waals surface area contributed by atoms with E-state index in [0.717, 1.165) is 11.3 Å². The number of nitrogens with zero attached hydrogens (tertiary/aromatic N) is 3. The summed E-state index contributed by atoms with van der Waals surface area (Å²) in [4.78, 5) is 12.1. The van der Waals surface area contributed by atoms with Gasteiger partial charge in [-0.15, -0.1) is 0 Å². The first kappa shape index (κ1) is 15.8. The molecule has 1 heterocycles. The van der Waals surface area contributed by atoms with Crippen LogP contribution in [-0.2, 0) is 9.53 Å². The monoisotopic (exact) mass is 319 g/mol. The van der Waals surface area contributed by atoms with Crippen molar-refractivity contribution in [2.24, 2.45) is 5.10 Å². The lowest BCUT2D eigenvalue weighted by atomic mass is 10.0.